The molecular weight excluding hydrogens is 520 g/mol. The average molecular weight is 571 g/mol. The van der Waals surface area contributed by atoms with Gasteiger partial charge in [-0.15, -0.1) is 0 Å². The molecule has 0 saturated heterocycles. The molecule has 0 N–H and O–H groups in total. The third-order valence-corrected chi connectivity index (χ3v) is 7.14. The first kappa shape index (κ1) is 34.4. The van der Waals surface area contributed by atoms with E-state index in [1.165, 1.54) is 22.3 Å². The Hall–Kier alpha value is -3.79. The van der Waals surface area contributed by atoms with Gasteiger partial charge < -0.3 is 14.2 Å². The van der Waals surface area contributed by atoms with E-state index in [9.17, 15) is 4.79 Å². The number of carbonyl (C=O) groups excluding carboxylic acids is 1. The minimum Gasteiger partial charge on any atom is -0.497 e. The van der Waals surface area contributed by atoms with Gasteiger partial charge in [0.25, 0.3) is 0 Å². The molecule has 226 valence electrons. The molecular formula is C38H50O4. The monoisotopic (exact) mass is 570 g/mol. The topological polar surface area (TPSA) is 44.8 Å². The number of hydrogen-bond donors (Lipinski definition) is 0. The van der Waals surface area contributed by atoms with E-state index in [4.69, 9.17) is 14.2 Å². The quantitative estimate of drug-likeness (QED) is 0.114. The molecule has 2 aromatic rings. The first-order valence-corrected chi connectivity index (χ1v) is 14.8. The lowest BCUT2D eigenvalue weighted by Crippen LogP contribution is -2.03. The summed E-state index contributed by atoms with van der Waals surface area (Å²) in [5, 5.41) is 0. The number of hydrogen-bond acceptors (Lipinski definition) is 4. The summed E-state index contributed by atoms with van der Waals surface area (Å²) < 4.78 is 17.2. The van der Waals surface area contributed by atoms with Gasteiger partial charge in [0.2, 0.25) is 0 Å². The SMILES string of the molecule is COc1ccc(C(=O)/C=C/c2cc(C/C=C(\C)CCC=C(C)C)c(OC)c(C/C=C(\C)CCC=C(C)C)c2OC)cc1. The number of allylic oxidation sites excluding steroid dienone is 9. The molecule has 0 aliphatic heterocycles. The molecule has 0 saturated carbocycles. The molecule has 0 aliphatic carbocycles. The van der Waals surface area contributed by atoms with Crippen molar-refractivity contribution in [1.82, 2.24) is 0 Å². The van der Waals surface area contributed by atoms with E-state index < -0.39 is 0 Å². The van der Waals surface area contributed by atoms with E-state index in [1.54, 1.807) is 51.7 Å². The van der Waals surface area contributed by atoms with Crippen molar-refractivity contribution in [3.63, 3.8) is 0 Å². The van der Waals surface area contributed by atoms with E-state index in [0.29, 0.717) is 12.0 Å². The van der Waals surface area contributed by atoms with Crippen molar-refractivity contribution in [3.8, 4) is 17.2 Å². The van der Waals surface area contributed by atoms with Crippen LogP contribution in [0.1, 0.15) is 94.3 Å². The van der Waals surface area contributed by atoms with Gasteiger partial charge >= 0.3 is 0 Å². The van der Waals surface area contributed by atoms with Gasteiger partial charge in [-0.2, -0.15) is 0 Å². The van der Waals surface area contributed by atoms with Gasteiger partial charge in [0.1, 0.15) is 17.2 Å². The molecule has 2 aromatic carbocycles. The summed E-state index contributed by atoms with van der Waals surface area (Å²) in [6.45, 7) is 12.9. The van der Waals surface area contributed by atoms with Crippen LogP contribution >= 0.6 is 0 Å². The van der Waals surface area contributed by atoms with E-state index in [2.05, 4.69) is 71.9 Å². The Bertz CT molecular complexity index is 1330. The fourth-order valence-corrected chi connectivity index (χ4v) is 4.70. The third kappa shape index (κ3) is 11.2. The lowest BCUT2D eigenvalue weighted by molar-refractivity contribution is 0.104. The summed E-state index contributed by atoms with van der Waals surface area (Å²) in [6.07, 6.45) is 18.1. The van der Waals surface area contributed by atoms with Crippen LogP contribution < -0.4 is 14.2 Å². The van der Waals surface area contributed by atoms with Crippen LogP contribution in [0.2, 0.25) is 0 Å². The van der Waals surface area contributed by atoms with Crippen molar-refractivity contribution >= 4 is 11.9 Å². The normalized spacial score (nSPS) is 11.8. The Labute approximate surface area is 254 Å². The zero-order chi connectivity index (χ0) is 31.1. The lowest BCUT2D eigenvalue weighted by Gasteiger charge is -2.19. The largest absolute Gasteiger partial charge is 0.497 e. The Morgan fingerprint density at radius 1 is 0.690 bits per heavy atom. The van der Waals surface area contributed by atoms with E-state index in [0.717, 1.165) is 66.0 Å². The molecule has 0 atom stereocenters. The van der Waals surface area contributed by atoms with Crippen molar-refractivity contribution in [2.45, 2.75) is 80.1 Å². The average Bonchev–Trinajstić information content (AvgIpc) is 2.96. The predicted octanol–water partition coefficient (Wildman–Crippen LogP) is 10.1. The highest BCUT2D eigenvalue weighted by Gasteiger charge is 2.18. The van der Waals surface area contributed by atoms with Gasteiger partial charge in [0, 0.05) is 16.7 Å². The summed E-state index contributed by atoms with van der Waals surface area (Å²) in [7, 11) is 5.02. The molecule has 0 amide bonds. The third-order valence-electron chi connectivity index (χ3n) is 7.14. The molecule has 0 radical (unpaired) electrons. The number of rotatable bonds is 16. The highest BCUT2D eigenvalue weighted by molar-refractivity contribution is 6.07. The molecule has 0 unspecified atom stereocenters. The Kier molecular flexibility index (Phi) is 14.7. The number of ketones is 1. The van der Waals surface area contributed by atoms with E-state index in [1.807, 2.05) is 6.08 Å². The maximum Gasteiger partial charge on any atom is 0.185 e. The van der Waals surface area contributed by atoms with Gasteiger partial charge in [-0.3, -0.25) is 4.79 Å². The molecule has 0 fully saturated rings. The molecule has 0 aliphatic rings. The molecule has 4 heteroatoms. The van der Waals surface area contributed by atoms with Crippen molar-refractivity contribution < 1.29 is 19.0 Å². The number of benzene rings is 2. The van der Waals surface area contributed by atoms with Crippen LogP contribution in [0, 0.1) is 0 Å². The molecule has 0 bridgehead atoms. The summed E-state index contributed by atoms with van der Waals surface area (Å²) in [6, 6.07) is 9.23. The summed E-state index contributed by atoms with van der Waals surface area (Å²) >= 11 is 0. The van der Waals surface area contributed by atoms with Crippen LogP contribution in [0.3, 0.4) is 0 Å². The minimum absolute atomic E-state index is 0.0800. The highest BCUT2D eigenvalue weighted by atomic mass is 16.5. The summed E-state index contributed by atoms with van der Waals surface area (Å²) in [5.41, 5.74) is 8.87. The molecule has 0 aromatic heterocycles. The number of methoxy groups -OCH3 is 3. The lowest BCUT2D eigenvalue weighted by atomic mass is 9.95. The van der Waals surface area contributed by atoms with Crippen LogP contribution in [0.5, 0.6) is 17.2 Å². The number of carbonyl (C=O) groups is 1. The van der Waals surface area contributed by atoms with E-state index in [-0.39, 0.29) is 5.78 Å². The first-order chi connectivity index (χ1) is 20.1. The van der Waals surface area contributed by atoms with Gasteiger partial charge in [0.15, 0.2) is 5.78 Å². The van der Waals surface area contributed by atoms with Crippen LogP contribution in [-0.2, 0) is 12.8 Å². The van der Waals surface area contributed by atoms with Gasteiger partial charge in [-0.25, -0.2) is 0 Å². The molecule has 0 spiro atoms. The summed E-state index contributed by atoms with van der Waals surface area (Å²) in [4.78, 5) is 13.0. The molecule has 42 heavy (non-hydrogen) atoms. The fraction of sp³-hybridized carbons (Fsp3) is 0.395. The second kappa shape index (κ2) is 17.9. The second-order valence-electron chi connectivity index (χ2n) is 11.2. The smallest absolute Gasteiger partial charge is 0.185 e. The van der Waals surface area contributed by atoms with Crippen LogP contribution in [0.25, 0.3) is 6.08 Å². The maximum absolute atomic E-state index is 13.0. The van der Waals surface area contributed by atoms with Gasteiger partial charge in [-0.1, -0.05) is 46.6 Å². The van der Waals surface area contributed by atoms with Crippen LogP contribution in [0.15, 0.2) is 83.0 Å². The molecule has 0 heterocycles. The molecule has 4 nitrogen and oxygen atoms in total. The maximum atomic E-state index is 13.0. The zero-order valence-corrected chi connectivity index (χ0v) is 27.2. The predicted molar refractivity (Wildman–Crippen MR) is 178 cm³/mol. The Balaban J connectivity index is 2.51. The van der Waals surface area contributed by atoms with Gasteiger partial charge in [-0.05, 0) is 128 Å². The van der Waals surface area contributed by atoms with Crippen LogP contribution in [0.4, 0.5) is 0 Å². The van der Waals surface area contributed by atoms with Crippen molar-refractivity contribution in [2.75, 3.05) is 21.3 Å². The van der Waals surface area contributed by atoms with Crippen molar-refractivity contribution in [3.05, 3.63) is 105 Å². The highest BCUT2D eigenvalue weighted by Crippen LogP contribution is 2.38. The second-order valence-corrected chi connectivity index (χ2v) is 11.2. The van der Waals surface area contributed by atoms with Crippen LogP contribution in [-0.4, -0.2) is 27.1 Å². The van der Waals surface area contributed by atoms with E-state index >= 15 is 0 Å². The minimum atomic E-state index is -0.0800. The summed E-state index contributed by atoms with van der Waals surface area (Å²) in [5.74, 6) is 2.21. The molecule has 2 rings (SSSR count). The fourth-order valence-electron chi connectivity index (χ4n) is 4.70. The Morgan fingerprint density at radius 2 is 1.24 bits per heavy atom. The van der Waals surface area contributed by atoms with Gasteiger partial charge in [0.05, 0.1) is 21.3 Å². The van der Waals surface area contributed by atoms with Crippen molar-refractivity contribution in [1.29, 1.82) is 0 Å². The zero-order valence-electron chi connectivity index (χ0n) is 27.2. The first-order valence-electron chi connectivity index (χ1n) is 14.8. The van der Waals surface area contributed by atoms with Crippen molar-refractivity contribution in [2.24, 2.45) is 0 Å². The standard InChI is InChI=1S/C38H50O4/c1-27(2)12-10-14-29(5)16-18-32-26-33(21-25-36(39)31-19-22-34(40-7)23-20-31)38(42-9)35(37(32)41-8)24-17-30(6)15-11-13-28(3)4/h12-13,16-17,19-23,25-26H,10-11,14-15,18,24H2,1-9H3/b25-21+,29-16+,30-17+. The number of ether oxygens (including phenoxy) is 3. The Morgan fingerprint density at radius 3 is 1.74 bits per heavy atom.